The Morgan fingerprint density at radius 2 is 1.76 bits per heavy atom. The van der Waals surface area contributed by atoms with Gasteiger partial charge in [0, 0.05) is 35.9 Å². The molecule has 0 unspecified atom stereocenters. The third-order valence-corrected chi connectivity index (χ3v) is 5.16. The molecular weight excluding hydrogens is 364 g/mol. The number of amides is 1. The van der Waals surface area contributed by atoms with E-state index < -0.39 is 5.91 Å². The zero-order valence-electron chi connectivity index (χ0n) is 16.1. The minimum absolute atomic E-state index is 0.259. The summed E-state index contributed by atoms with van der Waals surface area (Å²) in [6.07, 6.45) is 3.56. The van der Waals surface area contributed by atoms with Crippen LogP contribution in [0.2, 0.25) is 0 Å². The number of piperidine rings is 1. The van der Waals surface area contributed by atoms with Gasteiger partial charge in [-0.3, -0.25) is 9.78 Å². The molecule has 6 heteroatoms. The second-order valence-electron chi connectivity index (χ2n) is 7.21. The quantitative estimate of drug-likeness (QED) is 0.697. The van der Waals surface area contributed by atoms with Crippen molar-refractivity contribution in [3.8, 4) is 22.8 Å². The van der Waals surface area contributed by atoms with E-state index >= 15 is 0 Å². The smallest absolute Gasteiger partial charge is 0.249 e. The maximum Gasteiger partial charge on any atom is 0.249 e. The number of rotatable bonds is 5. The fourth-order valence-corrected chi connectivity index (χ4v) is 3.54. The topological polar surface area (TPSA) is 94.5 Å². The zero-order valence-corrected chi connectivity index (χ0v) is 16.1. The number of hydrogen-bond donors (Lipinski definition) is 2. The van der Waals surface area contributed by atoms with Crippen molar-refractivity contribution in [2.45, 2.75) is 18.9 Å². The number of carbonyl (C=O) groups excluding carboxylic acids is 1. The van der Waals surface area contributed by atoms with Crippen molar-refractivity contribution in [2.75, 3.05) is 18.0 Å². The average molecular weight is 388 g/mol. The van der Waals surface area contributed by atoms with Crippen LogP contribution < -0.4 is 21.1 Å². The molecule has 1 aromatic heterocycles. The lowest BCUT2D eigenvalue weighted by Crippen LogP contribution is -2.39. The van der Waals surface area contributed by atoms with Crippen LogP contribution in [0.4, 0.5) is 5.69 Å². The number of aromatic nitrogens is 1. The van der Waals surface area contributed by atoms with E-state index in [9.17, 15) is 4.79 Å². The minimum atomic E-state index is -0.473. The normalized spacial score (nSPS) is 14.6. The van der Waals surface area contributed by atoms with Crippen LogP contribution >= 0.6 is 0 Å². The van der Waals surface area contributed by atoms with Crippen molar-refractivity contribution >= 4 is 11.6 Å². The van der Waals surface area contributed by atoms with Gasteiger partial charge in [0.2, 0.25) is 5.91 Å². The van der Waals surface area contributed by atoms with Crippen molar-refractivity contribution < 1.29 is 9.53 Å². The summed E-state index contributed by atoms with van der Waals surface area (Å²) in [5.74, 6) is 0.894. The standard InChI is InChI=1S/C23H24N4O2/c24-16-10-12-27(13-11-16)17-6-8-20(23(25)28)21(14-17)22-9-7-19(15-26-22)29-18-4-2-1-3-5-18/h1-9,14-16H,10-13,24H2,(H2,25,28). The van der Waals surface area contributed by atoms with Gasteiger partial charge in [-0.05, 0) is 55.3 Å². The molecular formula is C23H24N4O2. The molecule has 3 aromatic rings. The first-order valence-corrected chi connectivity index (χ1v) is 9.74. The number of nitrogens with zero attached hydrogens (tertiary/aromatic N) is 2. The molecule has 2 heterocycles. The Kier molecular flexibility index (Phi) is 5.44. The largest absolute Gasteiger partial charge is 0.456 e. The van der Waals surface area contributed by atoms with Gasteiger partial charge in [0.25, 0.3) is 0 Å². The molecule has 1 saturated heterocycles. The van der Waals surface area contributed by atoms with Crippen molar-refractivity contribution in [2.24, 2.45) is 11.5 Å². The van der Waals surface area contributed by atoms with E-state index in [1.54, 1.807) is 12.3 Å². The second kappa shape index (κ2) is 8.32. The first-order valence-electron chi connectivity index (χ1n) is 9.74. The Labute approximate surface area is 170 Å². The number of para-hydroxylation sites is 1. The molecule has 148 valence electrons. The summed E-state index contributed by atoms with van der Waals surface area (Å²) in [5.41, 5.74) is 14.5. The van der Waals surface area contributed by atoms with E-state index in [-0.39, 0.29) is 6.04 Å². The number of anilines is 1. The number of ether oxygens (including phenoxy) is 1. The molecule has 0 atom stereocenters. The van der Waals surface area contributed by atoms with Gasteiger partial charge < -0.3 is 21.1 Å². The van der Waals surface area contributed by atoms with Crippen molar-refractivity contribution in [1.82, 2.24) is 4.98 Å². The Bertz CT molecular complexity index is 982. The molecule has 4 rings (SSSR count). The van der Waals surface area contributed by atoms with Crippen LogP contribution in [-0.4, -0.2) is 30.0 Å². The summed E-state index contributed by atoms with van der Waals surface area (Å²) in [7, 11) is 0. The summed E-state index contributed by atoms with van der Waals surface area (Å²) >= 11 is 0. The molecule has 0 spiro atoms. The first-order chi connectivity index (χ1) is 14.1. The number of carbonyl (C=O) groups is 1. The molecule has 1 aliphatic heterocycles. The summed E-state index contributed by atoms with van der Waals surface area (Å²) in [4.78, 5) is 18.8. The fraction of sp³-hybridized carbons (Fsp3) is 0.217. The lowest BCUT2D eigenvalue weighted by Gasteiger charge is -2.32. The van der Waals surface area contributed by atoms with Crippen molar-refractivity contribution in [3.05, 3.63) is 72.4 Å². The van der Waals surface area contributed by atoms with Gasteiger partial charge in [-0.25, -0.2) is 0 Å². The second-order valence-corrected chi connectivity index (χ2v) is 7.21. The number of pyridine rings is 1. The maximum atomic E-state index is 12.0. The zero-order chi connectivity index (χ0) is 20.2. The first kappa shape index (κ1) is 19.0. The molecule has 1 aliphatic rings. The van der Waals surface area contributed by atoms with Crippen LogP contribution in [-0.2, 0) is 0 Å². The molecule has 6 nitrogen and oxygen atoms in total. The van der Waals surface area contributed by atoms with Crippen LogP contribution in [0.1, 0.15) is 23.2 Å². The molecule has 0 saturated carbocycles. The lowest BCUT2D eigenvalue weighted by atomic mass is 10.00. The van der Waals surface area contributed by atoms with Gasteiger partial charge in [-0.2, -0.15) is 0 Å². The van der Waals surface area contributed by atoms with Gasteiger partial charge in [0.15, 0.2) is 0 Å². The van der Waals surface area contributed by atoms with Crippen LogP contribution in [0.5, 0.6) is 11.5 Å². The molecule has 0 bridgehead atoms. The van der Waals surface area contributed by atoms with Gasteiger partial charge in [0.1, 0.15) is 11.5 Å². The highest BCUT2D eigenvalue weighted by atomic mass is 16.5. The molecule has 1 amide bonds. The van der Waals surface area contributed by atoms with Crippen molar-refractivity contribution in [1.29, 1.82) is 0 Å². The number of hydrogen-bond acceptors (Lipinski definition) is 5. The van der Waals surface area contributed by atoms with Crippen LogP contribution in [0.25, 0.3) is 11.3 Å². The molecule has 1 fully saturated rings. The molecule has 0 radical (unpaired) electrons. The van der Waals surface area contributed by atoms with Gasteiger partial charge in [-0.1, -0.05) is 18.2 Å². The number of nitrogens with two attached hydrogens (primary N) is 2. The van der Waals surface area contributed by atoms with Crippen molar-refractivity contribution in [3.63, 3.8) is 0 Å². The highest BCUT2D eigenvalue weighted by Crippen LogP contribution is 2.30. The lowest BCUT2D eigenvalue weighted by molar-refractivity contribution is 0.100. The number of primary amides is 1. The molecule has 29 heavy (non-hydrogen) atoms. The Balaban J connectivity index is 1.62. The van der Waals surface area contributed by atoms with E-state index in [0.29, 0.717) is 17.0 Å². The highest BCUT2D eigenvalue weighted by molar-refractivity contribution is 6.00. The van der Waals surface area contributed by atoms with E-state index in [0.717, 1.165) is 42.9 Å². The van der Waals surface area contributed by atoms with E-state index in [4.69, 9.17) is 16.2 Å². The van der Waals surface area contributed by atoms with E-state index in [1.807, 2.05) is 54.6 Å². The monoisotopic (exact) mass is 388 g/mol. The fourth-order valence-electron chi connectivity index (χ4n) is 3.54. The molecule has 2 aromatic carbocycles. The van der Waals surface area contributed by atoms with Crippen LogP contribution in [0, 0.1) is 0 Å². The minimum Gasteiger partial charge on any atom is -0.456 e. The third kappa shape index (κ3) is 4.38. The predicted octanol–water partition coefficient (Wildman–Crippen LogP) is 3.57. The summed E-state index contributed by atoms with van der Waals surface area (Å²) in [6, 6.07) is 19.2. The summed E-state index contributed by atoms with van der Waals surface area (Å²) < 4.78 is 5.80. The maximum absolute atomic E-state index is 12.0. The van der Waals surface area contributed by atoms with E-state index in [1.165, 1.54) is 0 Å². The van der Waals surface area contributed by atoms with Gasteiger partial charge in [0.05, 0.1) is 11.9 Å². The van der Waals surface area contributed by atoms with Gasteiger partial charge >= 0.3 is 0 Å². The third-order valence-electron chi connectivity index (χ3n) is 5.16. The predicted molar refractivity (Wildman–Crippen MR) is 114 cm³/mol. The summed E-state index contributed by atoms with van der Waals surface area (Å²) in [5, 5.41) is 0. The molecule has 4 N–H and O–H groups in total. The van der Waals surface area contributed by atoms with Gasteiger partial charge in [-0.15, -0.1) is 0 Å². The van der Waals surface area contributed by atoms with E-state index in [2.05, 4.69) is 9.88 Å². The number of benzene rings is 2. The average Bonchev–Trinajstić information content (AvgIpc) is 2.75. The Morgan fingerprint density at radius 3 is 2.41 bits per heavy atom. The highest BCUT2D eigenvalue weighted by Gasteiger charge is 2.19. The van der Waals surface area contributed by atoms with Crippen LogP contribution in [0.3, 0.4) is 0 Å². The SMILES string of the molecule is NC(=O)c1ccc(N2CCC(N)CC2)cc1-c1ccc(Oc2ccccc2)cn1. The Morgan fingerprint density at radius 1 is 1.00 bits per heavy atom. The Hall–Kier alpha value is -3.38. The summed E-state index contributed by atoms with van der Waals surface area (Å²) in [6.45, 7) is 1.79. The van der Waals surface area contributed by atoms with Crippen LogP contribution in [0.15, 0.2) is 66.9 Å². The molecule has 0 aliphatic carbocycles.